The van der Waals surface area contributed by atoms with Gasteiger partial charge in [-0.3, -0.25) is 4.79 Å². The molecule has 228 valence electrons. The minimum absolute atomic E-state index is 0.00794. The van der Waals surface area contributed by atoms with Gasteiger partial charge in [0, 0.05) is 12.6 Å². The van der Waals surface area contributed by atoms with Crippen molar-refractivity contribution in [1.29, 1.82) is 0 Å². The summed E-state index contributed by atoms with van der Waals surface area (Å²) in [5.41, 5.74) is 23.8. The Bertz CT molecular complexity index is 773. The second-order valence-electron chi connectivity index (χ2n) is 10.4. The van der Waals surface area contributed by atoms with Crippen LogP contribution >= 0.6 is 0 Å². The Morgan fingerprint density at radius 3 is 2.31 bits per heavy atom. The van der Waals surface area contributed by atoms with Crippen molar-refractivity contribution >= 4 is 5.91 Å². The second-order valence-corrected chi connectivity index (χ2v) is 10.4. The SMILES string of the molecule is CN[C@@H]1C(O)[C@H](O[C@H]2C(O)C(O[C@@H]3OC(CN)CCC3N)[C@@H](N)C[C@H]2NC(=O)[C@@H](O)CCN)OC(CO)[C@@H]1O. The van der Waals surface area contributed by atoms with Gasteiger partial charge in [0.1, 0.15) is 42.7 Å². The maximum Gasteiger partial charge on any atom is 0.249 e. The van der Waals surface area contributed by atoms with Crippen molar-refractivity contribution in [3.05, 3.63) is 0 Å². The van der Waals surface area contributed by atoms with Crippen LogP contribution in [0.3, 0.4) is 0 Å². The Kier molecular flexibility index (Phi) is 12.2. The zero-order chi connectivity index (χ0) is 28.9. The highest BCUT2D eigenvalue weighted by atomic mass is 16.7. The van der Waals surface area contributed by atoms with Crippen molar-refractivity contribution in [1.82, 2.24) is 10.6 Å². The van der Waals surface area contributed by atoms with Crippen LogP contribution in [0, 0.1) is 0 Å². The Labute approximate surface area is 227 Å². The molecule has 0 aromatic rings. The fourth-order valence-electron chi connectivity index (χ4n) is 5.34. The van der Waals surface area contributed by atoms with Crippen LogP contribution in [0.5, 0.6) is 0 Å². The number of carbonyl (C=O) groups excluding carboxylic acids is 1. The highest BCUT2D eigenvalue weighted by Gasteiger charge is 2.51. The number of aliphatic hydroxyl groups is 5. The van der Waals surface area contributed by atoms with Crippen LogP contribution in [0.1, 0.15) is 25.7 Å². The van der Waals surface area contributed by atoms with Gasteiger partial charge in [0.05, 0.1) is 30.8 Å². The maximum absolute atomic E-state index is 12.6. The lowest BCUT2D eigenvalue weighted by atomic mass is 9.83. The topological polar surface area (TPSA) is 283 Å². The van der Waals surface area contributed by atoms with Crippen LogP contribution in [0.25, 0.3) is 0 Å². The van der Waals surface area contributed by atoms with Gasteiger partial charge in [0.15, 0.2) is 12.6 Å². The van der Waals surface area contributed by atoms with E-state index in [2.05, 4.69) is 10.6 Å². The van der Waals surface area contributed by atoms with Gasteiger partial charge in [-0.2, -0.15) is 0 Å². The molecule has 3 aliphatic rings. The van der Waals surface area contributed by atoms with Gasteiger partial charge < -0.3 is 78.0 Å². The van der Waals surface area contributed by atoms with Crippen molar-refractivity contribution in [3.63, 3.8) is 0 Å². The van der Waals surface area contributed by atoms with E-state index >= 15 is 0 Å². The Morgan fingerprint density at radius 2 is 1.69 bits per heavy atom. The van der Waals surface area contributed by atoms with Crippen molar-refractivity contribution in [3.8, 4) is 0 Å². The molecule has 14 atom stereocenters. The molecule has 0 radical (unpaired) electrons. The molecule has 39 heavy (non-hydrogen) atoms. The van der Waals surface area contributed by atoms with E-state index in [9.17, 15) is 30.3 Å². The van der Waals surface area contributed by atoms with Crippen LogP contribution in [-0.4, -0.2) is 144 Å². The van der Waals surface area contributed by atoms with E-state index in [0.717, 1.165) is 0 Å². The summed E-state index contributed by atoms with van der Waals surface area (Å²) in [6, 6.07) is -3.20. The number of rotatable bonds is 11. The molecule has 15 N–H and O–H groups in total. The summed E-state index contributed by atoms with van der Waals surface area (Å²) < 4.78 is 23.5. The Balaban J connectivity index is 1.84. The lowest BCUT2D eigenvalue weighted by Crippen LogP contribution is -2.69. The monoisotopic (exact) mass is 566 g/mol. The highest BCUT2D eigenvalue weighted by molar-refractivity contribution is 5.80. The van der Waals surface area contributed by atoms with Gasteiger partial charge in [0.25, 0.3) is 0 Å². The van der Waals surface area contributed by atoms with Gasteiger partial charge in [-0.15, -0.1) is 0 Å². The van der Waals surface area contributed by atoms with E-state index in [1.807, 2.05) is 0 Å². The van der Waals surface area contributed by atoms with Crippen molar-refractivity contribution in [2.45, 2.75) is 111 Å². The molecule has 1 amide bonds. The van der Waals surface area contributed by atoms with E-state index in [0.29, 0.717) is 12.8 Å². The molecule has 2 saturated heterocycles. The first-order chi connectivity index (χ1) is 18.6. The first-order valence-corrected chi connectivity index (χ1v) is 13.4. The van der Waals surface area contributed by atoms with Crippen molar-refractivity contribution < 1.29 is 49.3 Å². The van der Waals surface area contributed by atoms with Crippen LogP contribution in [-0.2, 0) is 23.7 Å². The zero-order valence-electron chi connectivity index (χ0n) is 22.1. The number of ether oxygens (including phenoxy) is 4. The summed E-state index contributed by atoms with van der Waals surface area (Å²) in [4.78, 5) is 12.6. The molecule has 1 aliphatic carbocycles. The lowest BCUT2D eigenvalue weighted by molar-refractivity contribution is -0.315. The standard InChI is InChI=1S/C23H46N6O10/c1-28-15-16(32)14(8-30)37-23(17(15)33)39-20-12(29-21(35)13(31)4-5-24)6-11(27)19(18(20)34)38-22-10(26)3-2-9(7-25)36-22/h9-20,22-23,28,30-34H,2-8,24-27H2,1H3,(H,29,35)/t9?,10?,11-,12+,13-,14?,15-,16-,17?,18?,19?,20+,22-,23-/m0/s1. The first-order valence-electron chi connectivity index (χ1n) is 13.4. The highest BCUT2D eigenvalue weighted by Crippen LogP contribution is 2.31. The normalized spacial score (nSPS) is 44.1. The molecule has 2 aliphatic heterocycles. The number of nitrogens with one attached hydrogen (secondary N) is 2. The molecular formula is C23H46N6O10. The molecular weight excluding hydrogens is 520 g/mol. The molecule has 16 nitrogen and oxygen atoms in total. The first kappa shape index (κ1) is 32.4. The fraction of sp³-hybridized carbons (Fsp3) is 0.957. The number of likely N-dealkylation sites (N-methyl/N-ethyl adjacent to an activating group) is 1. The van der Waals surface area contributed by atoms with E-state index < -0.39 is 92.0 Å². The Hall–Kier alpha value is -1.09. The predicted molar refractivity (Wildman–Crippen MR) is 135 cm³/mol. The minimum Gasteiger partial charge on any atom is -0.394 e. The number of amides is 1. The quantitative estimate of drug-likeness (QED) is 0.111. The molecule has 3 fully saturated rings. The third-order valence-electron chi connectivity index (χ3n) is 7.65. The summed E-state index contributed by atoms with van der Waals surface area (Å²) in [6.07, 6.45) is -10.3. The number of nitrogens with two attached hydrogens (primary N) is 4. The van der Waals surface area contributed by atoms with E-state index in [-0.39, 0.29) is 32.0 Å². The molecule has 0 bridgehead atoms. The van der Waals surface area contributed by atoms with Gasteiger partial charge in [0.2, 0.25) is 5.91 Å². The largest absolute Gasteiger partial charge is 0.394 e. The molecule has 0 aromatic heterocycles. The van der Waals surface area contributed by atoms with Crippen LogP contribution in [0.2, 0.25) is 0 Å². The summed E-state index contributed by atoms with van der Waals surface area (Å²) in [6.45, 7) is -0.236. The van der Waals surface area contributed by atoms with E-state index in [4.69, 9.17) is 41.9 Å². The third kappa shape index (κ3) is 7.60. The molecule has 1 saturated carbocycles. The summed E-state index contributed by atoms with van der Waals surface area (Å²) in [5.74, 6) is -0.747. The number of aliphatic hydroxyl groups excluding tert-OH is 5. The third-order valence-corrected chi connectivity index (χ3v) is 7.65. The van der Waals surface area contributed by atoms with Crippen molar-refractivity contribution in [2.75, 3.05) is 26.7 Å². The molecule has 16 heteroatoms. The van der Waals surface area contributed by atoms with Crippen LogP contribution in [0.4, 0.5) is 0 Å². The van der Waals surface area contributed by atoms with Gasteiger partial charge in [-0.1, -0.05) is 0 Å². The minimum atomic E-state index is -1.48. The molecule has 0 spiro atoms. The van der Waals surface area contributed by atoms with Crippen molar-refractivity contribution in [2.24, 2.45) is 22.9 Å². The van der Waals surface area contributed by atoms with Gasteiger partial charge in [-0.05, 0) is 39.3 Å². The smallest absolute Gasteiger partial charge is 0.249 e. The van der Waals surface area contributed by atoms with Gasteiger partial charge >= 0.3 is 0 Å². The average molecular weight is 567 g/mol. The van der Waals surface area contributed by atoms with E-state index in [1.54, 1.807) is 0 Å². The van der Waals surface area contributed by atoms with Crippen LogP contribution in [0.15, 0.2) is 0 Å². The van der Waals surface area contributed by atoms with Crippen LogP contribution < -0.4 is 33.6 Å². The number of carbonyl (C=O) groups is 1. The Morgan fingerprint density at radius 1 is 1.00 bits per heavy atom. The molecule has 3 rings (SSSR count). The summed E-state index contributed by atoms with van der Waals surface area (Å²) in [7, 11) is 1.51. The number of hydrogen-bond donors (Lipinski definition) is 11. The predicted octanol–water partition coefficient (Wildman–Crippen LogP) is -6.14. The summed E-state index contributed by atoms with van der Waals surface area (Å²) >= 11 is 0. The van der Waals surface area contributed by atoms with Gasteiger partial charge in [-0.25, -0.2) is 0 Å². The second kappa shape index (κ2) is 14.7. The fourth-order valence-corrected chi connectivity index (χ4v) is 5.34. The molecule has 6 unspecified atom stereocenters. The molecule has 2 heterocycles. The number of hydrogen-bond acceptors (Lipinski definition) is 15. The summed E-state index contributed by atoms with van der Waals surface area (Å²) in [5, 5.41) is 57.9. The maximum atomic E-state index is 12.6. The molecule has 0 aromatic carbocycles. The lowest BCUT2D eigenvalue weighted by Gasteiger charge is -2.48. The zero-order valence-corrected chi connectivity index (χ0v) is 22.1. The average Bonchev–Trinajstić information content (AvgIpc) is 2.91. The van der Waals surface area contributed by atoms with E-state index in [1.165, 1.54) is 7.05 Å².